The van der Waals surface area contributed by atoms with Gasteiger partial charge in [0.1, 0.15) is 0 Å². The maximum atomic E-state index is 11.9. The van der Waals surface area contributed by atoms with Gasteiger partial charge in [-0.1, -0.05) is 39.7 Å². The van der Waals surface area contributed by atoms with Crippen LogP contribution in [-0.2, 0) is 26.1 Å². The fourth-order valence-corrected chi connectivity index (χ4v) is 6.36. The van der Waals surface area contributed by atoms with E-state index in [1.807, 2.05) is 26.2 Å². The van der Waals surface area contributed by atoms with Crippen molar-refractivity contribution in [3.05, 3.63) is 34.9 Å². The molecule has 2 aliphatic rings. The molecule has 1 amide bonds. The highest BCUT2D eigenvalue weighted by Gasteiger charge is 2.47. The van der Waals surface area contributed by atoms with Crippen LogP contribution in [0, 0.1) is 5.92 Å². The van der Waals surface area contributed by atoms with Crippen molar-refractivity contribution in [3.8, 4) is 0 Å². The monoisotopic (exact) mass is 472 g/mol. The van der Waals surface area contributed by atoms with Crippen molar-refractivity contribution >= 4 is 11.9 Å². The fraction of sp³-hybridized carbons (Fsp3) is 0.714. The van der Waals surface area contributed by atoms with E-state index in [0.717, 1.165) is 44.9 Å². The lowest BCUT2D eigenvalue weighted by molar-refractivity contribution is -0.144. The van der Waals surface area contributed by atoms with Crippen LogP contribution in [0.3, 0.4) is 0 Å². The summed E-state index contributed by atoms with van der Waals surface area (Å²) in [5, 5.41) is 4.04. The smallest absolute Gasteiger partial charge is 0.305 e. The summed E-state index contributed by atoms with van der Waals surface area (Å²) in [6, 6.07) is 6.50. The number of ether oxygens (including phenoxy) is 2. The molecule has 6 heteroatoms. The molecule has 34 heavy (non-hydrogen) atoms. The van der Waals surface area contributed by atoms with E-state index in [-0.39, 0.29) is 29.4 Å². The molecule has 1 unspecified atom stereocenters. The van der Waals surface area contributed by atoms with E-state index in [0.29, 0.717) is 30.6 Å². The summed E-state index contributed by atoms with van der Waals surface area (Å²) in [6.07, 6.45) is 9.70. The van der Waals surface area contributed by atoms with Gasteiger partial charge in [0.25, 0.3) is 0 Å². The van der Waals surface area contributed by atoms with Crippen LogP contribution in [0.1, 0.15) is 100 Å². The quantitative estimate of drug-likeness (QED) is 0.457. The number of rotatable bonds is 11. The number of benzene rings is 1. The SMILES string of the molecule is CCCC(=O)OCC[C@H]1CCCC(N[C@@H]2[C@@H](OC)Cc3ccc(C(N)=O)cc3C2(CC)CC)C1. The first-order valence-corrected chi connectivity index (χ1v) is 13.3. The lowest BCUT2D eigenvalue weighted by Gasteiger charge is -2.50. The summed E-state index contributed by atoms with van der Waals surface area (Å²) in [5.41, 5.74) is 8.60. The summed E-state index contributed by atoms with van der Waals surface area (Å²) < 4.78 is 11.5. The minimum atomic E-state index is -0.378. The van der Waals surface area contributed by atoms with Crippen LogP contribution < -0.4 is 11.1 Å². The van der Waals surface area contributed by atoms with Crippen LogP contribution in [-0.4, -0.2) is 43.8 Å². The number of amides is 1. The fourth-order valence-electron chi connectivity index (χ4n) is 6.36. The number of methoxy groups -OCH3 is 1. The summed E-state index contributed by atoms with van der Waals surface area (Å²) in [7, 11) is 1.81. The molecule has 0 heterocycles. The third-order valence-electron chi connectivity index (χ3n) is 8.32. The van der Waals surface area contributed by atoms with Crippen molar-refractivity contribution in [2.75, 3.05) is 13.7 Å². The van der Waals surface area contributed by atoms with E-state index in [1.54, 1.807) is 0 Å². The number of carbonyl (C=O) groups excluding carboxylic acids is 2. The predicted octanol–water partition coefficient (Wildman–Crippen LogP) is 4.66. The highest BCUT2D eigenvalue weighted by Crippen LogP contribution is 2.45. The summed E-state index contributed by atoms with van der Waals surface area (Å²) in [6.45, 7) is 7.00. The van der Waals surface area contributed by atoms with E-state index in [2.05, 4.69) is 25.2 Å². The van der Waals surface area contributed by atoms with Gasteiger partial charge in [0, 0.05) is 43.0 Å². The molecular weight excluding hydrogens is 428 g/mol. The van der Waals surface area contributed by atoms with Crippen LogP contribution in [0.5, 0.6) is 0 Å². The maximum absolute atomic E-state index is 11.9. The number of carbonyl (C=O) groups is 2. The summed E-state index contributed by atoms with van der Waals surface area (Å²) in [5.74, 6) is 0.108. The van der Waals surface area contributed by atoms with E-state index < -0.39 is 0 Å². The van der Waals surface area contributed by atoms with Gasteiger partial charge in [0.05, 0.1) is 12.7 Å². The number of hydrogen-bond acceptors (Lipinski definition) is 5. The van der Waals surface area contributed by atoms with Gasteiger partial charge >= 0.3 is 5.97 Å². The normalized spacial score (nSPS) is 26.0. The number of esters is 1. The molecule has 3 rings (SSSR count). The Morgan fingerprint density at radius 2 is 1.94 bits per heavy atom. The second-order valence-electron chi connectivity index (χ2n) is 10.2. The Morgan fingerprint density at radius 1 is 1.18 bits per heavy atom. The lowest BCUT2D eigenvalue weighted by atomic mass is 9.62. The Hall–Kier alpha value is -1.92. The Morgan fingerprint density at radius 3 is 2.59 bits per heavy atom. The third-order valence-corrected chi connectivity index (χ3v) is 8.32. The first-order chi connectivity index (χ1) is 16.4. The molecular formula is C28H44N2O4. The number of nitrogens with two attached hydrogens (primary N) is 1. The number of fused-ring (bicyclic) bond motifs is 1. The number of hydrogen-bond donors (Lipinski definition) is 2. The van der Waals surface area contributed by atoms with Gasteiger partial charge in [-0.25, -0.2) is 0 Å². The largest absolute Gasteiger partial charge is 0.466 e. The van der Waals surface area contributed by atoms with Gasteiger partial charge in [-0.3, -0.25) is 9.59 Å². The van der Waals surface area contributed by atoms with Crippen LogP contribution in [0.25, 0.3) is 0 Å². The summed E-state index contributed by atoms with van der Waals surface area (Å²) in [4.78, 5) is 23.7. The molecule has 190 valence electrons. The van der Waals surface area contributed by atoms with Crippen molar-refractivity contribution < 1.29 is 19.1 Å². The first kappa shape index (κ1) is 26.7. The van der Waals surface area contributed by atoms with Crippen LogP contribution in [0.15, 0.2) is 18.2 Å². The van der Waals surface area contributed by atoms with Crippen molar-refractivity contribution in [2.24, 2.45) is 11.7 Å². The van der Waals surface area contributed by atoms with Crippen molar-refractivity contribution in [3.63, 3.8) is 0 Å². The molecule has 4 atom stereocenters. The van der Waals surface area contributed by atoms with E-state index in [9.17, 15) is 9.59 Å². The zero-order chi connectivity index (χ0) is 24.7. The minimum absolute atomic E-state index is 0.0715. The third kappa shape index (κ3) is 5.83. The van der Waals surface area contributed by atoms with E-state index in [1.165, 1.54) is 24.0 Å². The summed E-state index contributed by atoms with van der Waals surface area (Å²) >= 11 is 0. The average Bonchev–Trinajstić information content (AvgIpc) is 2.84. The standard InChI is InChI=1S/C28H44N2O4/c1-5-9-25(31)34-15-14-19-10-8-11-22(16-19)30-26-24(33-4)18-20-12-13-21(27(29)32)17-23(20)28(26,6-2)7-3/h12-13,17,19,22,24,26,30H,5-11,14-16,18H2,1-4H3,(H2,29,32)/t19-,22?,24+,26-/m1/s1. The van der Waals surface area contributed by atoms with Gasteiger partial charge in [-0.2, -0.15) is 0 Å². The second kappa shape index (κ2) is 12.2. The molecule has 1 saturated carbocycles. The van der Waals surface area contributed by atoms with Crippen LogP contribution in [0.4, 0.5) is 0 Å². The second-order valence-corrected chi connectivity index (χ2v) is 10.2. The Kier molecular flexibility index (Phi) is 9.55. The molecule has 0 saturated heterocycles. The van der Waals surface area contributed by atoms with Crippen molar-refractivity contribution in [1.29, 1.82) is 0 Å². The molecule has 6 nitrogen and oxygen atoms in total. The first-order valence-electron chi connectivity index (χ1n) is 13.3. The van der Waals surface area contributed by atoms with Gasteiger partial charge in [0.15, 0.2) is 0 Å². The molecule has 0 aliphatic heterocycles. The van der Waals surface area contributed by atoms with Crippen molar-refractivity contribution in [2.45, 2.75) is 109 Å². The minimum Gasteiger partial charge on any atom is -0.466 e. The zero-order valence-electron chi connectivity index (χ0n) is 21.5. The maximum Gasteiger partial charge on any atom is 0.305 e. The predicted molar refractivity (Wildman–Crippen MR) is 135 cm³/mol. The Labute approximate surface area is 205 Å². The number of primary amides is 1. The molecule has 1 aromatic carbocycles. The molecule has 0 spiro atoms. The van der Waals surface area contributed by atoms with Crippen LogP contribution in [0.2, 0.25) is 0 Å². The highest BCUT2D eigenvalue weighted by molar-refractivity contribution is 5.93. The Bertz CT molecular complexity index is 836. The van der Waals surface area contributed by atoms with Crippen LogP contribution >= 0.6 is 0 Å². The lowest BCUT2D eigenvalue weighted by Crippen LogP contribution is -2.61. The molecule has 0 bridgehead atoms. The van der Waals surface area contributed by atoms with Crippen molar-refractivity contribution in [1.82, 2.24) is 5.32 Å². The van der Waals surface area contributed by atoms with E-state index >= 15 is 0 Å². The molecule has 2 aliphatic carbocycles. The van der Waals surface area contributed by atoms with E-state index in [4.69, 9.17) is 15.2 Å². The average molecular weight is 473 g/mol. The van der Waals surface area contributed by atoms with Gasteiger partial charge in [-0.15, -0.1) is 0 Å². The topological polar surface area (TPSA) is 90.7 Å². The molecule has 0 radical (unpaired) electrons. The number of nitrogens with one attached hydrogen (secondary N) is 1. The highest BCUT2D eigenvalue weighted by atomic mass is 16.5. The molecule has 1 aromatic rings. The zero-order valence-corrected chi connectivity index (χ0v) is 21.5. The Balaban J connectivity index is 1.77. The molecule has 1 fully saturated rings. The molecule has 0 aromatic heterocycles. The molecule has 3 N–H and O–H groups in total. The van der Waals surface area contributed by atoms with Gasteiger partial charge < -0.3 is 20.5 Å². The van der Waals surface area contributed by atoms with Gasteiger partial charge in [-0.05, 0) is 67.7 Å². The van der Waals surface area contributed by atoms with Gasteiger partial charge in [0.2, 0.25) is 5.91 Å².